The lowest BCUT2D eigenvalue weighted by atomic mass is 10.3. The summed E-state index contributed by atoms with van der Waals surface area (Å²) in [6.07, 6.45) is 3.49. The zero-order valence-electron chi connectivity index (χ0n) is 18.7. The van der Waals surface area contributed by atoms with E-state index in [0.717, 1.165) is 24.5 Å². The molecule has 1 aliphatic heterocycles. The summed E-state index contributed by atoms with van der Waals surface area (Å²) in [7, 11) is 0. The standard InChI is InChI=1S/C22H23Cl2N9S/c1-14-12-15(2)28-19(27-14)30-21(31-22(34)29-18-5-4-16(23)13-17(18)24)33-10-8-32(9-11-33)20-25-6-3-7-26-20/h3-7,12-13H,8-11H2,1-2H3,(H2,27,28,29,30,31,34). The van der Waals surface area contributed by atoms with E-state index in [1.54, 1.807) is 36.7 Å². The van der Waals surface area contributed by atoms with E-state index in [4.69, 9.17) is 35.4 Å². The normalized spacial score (nSPS) is 14.2. The number of thiocarbonyl (C=S) groups is 1. The third-order valence-electron chi connectivity index (χ3n) is 5.00. The fourth-order valence-electron chi connectivity index (χ4n) is 3.46. The van der Waals surface area contributed by atoms with Crippen molar-refractivity contribution in [2.24, 2.45) is 4.99 Å². The molecule has 3 heterocycles. The van der Waals surface area contributed by atoms with Crippen molar-refractivity contribution in [2.45, 2.75) is 13.8 Å². The average molecular weight is 516 g/mol. The Morgan fingerprint density at radius 1 is 0.971 bits per heavy atom. The summed E-state index contributed by atoms with van der Waals surface area (Å²) in [5, 5.41) is 7.55. The Bertz CT molecular complexity index is 1180. The van der Waals surface area contributed by atoms with Gasteiger partial charge in [-0.3, -0.25) is 5.32 Å². The largest absolute Gasteiger partial charge is 0.339 e. The van der Waals surface area contributed by atoms with E-state index in [2.05, 4.69) is 45.4 Å². The Balaban J connectivity index is 1.54. The fraction of sp³-hybridized carbons (Fsp3) is 0.273. The zero-order valence-corrected chi connectivity index (χ0v) is 21.0. The molecule has 0 spiro atoms. The molecule has 3 aromatic rings. The first-order chi connectivity index (χ1) is 16.4. The van der Waals surface area contributed by atoms with Gasteiger partial charge in [0.15, 0.2) is 0 Å². The van der Waals surface area contributed by atoms with Crippen LogP contribution in [0.25, 0.3) is 0 Å². The van der Waals surface area contributed by atoms with Crippen LogP contribution in [0.15, 0.2) is 47.7 Å². The Morgan fingerprint density at radius 2 is 1.65 bits per heavy atom. The van der Waals surface area contributed by atoms with E-state index in [0.29, 0.717) is 46.7 Å². The topological polar surface area (TPSA) is 94.5 Å². The van der Waals surface area contributed by atoms with Crippen LogP contribution in [-0.2, 0) is 0 Å². The highest BCUT2D eigenvalue weighted by Gasteiger charge is 2.22. The van der Waals surface area contributed by atoms with Crippen LogP contribution in [0.5, 0.6) is 0 Å². The number of halogens is 2. The van der Waals surface area contributed by atoms with Crippen LogP contribution in [0.4, 0.5) is 17.6 Å². The summed E-state index contributed by atoms with van der Waals surface area (Å²) >= 11 is 17.8. The molecule has 34 heavy (non-hydrogen) atoms. The molecule has 0 radical (unpaired) electrons. The molecular weight excluding hydrogens is 493 g/mol. The highest BCUT2D eigenvalue weighted by Crippen LogP contribution is 2.25. The van der Waals surface area contributed by atoms with Crippen molar-refractivity contribution < 1.29 is 0 Å². The van der Waals surface area contributed by atoms with Crippen LogP contribution in [0.2, 0.25) is 10.0 Å². The zero-order chi connectivity index (χ0) is 24.1. The molecule has 1 saturated heterocycles. The van der Waals surface area contributed by atoms with E-state index >= 15 is 0 Å². The van der Waals surface area contributed by atoms with E-state index in [9.17, 15) is 0 Å². The molecule has 4 rings (SSSR count). The monoisotopic (exact) mass is 515 g/mol. The molecule has 2 aromatic heterocycles. The molecule has 2 N–H and O–H groups in total. The van der Waals surface area contributed by atoms with Crippen molar-refractivity contribution in [2.75, 3.05) is 41.7 Å². The highest BCUT2D eigenvalue weighted by atomic mass is 35.5. The molecule has 12 heteroatoms. The first-order valence-electron chi connectivity index (χ1n) is 10.6. The molecule has 0 aliphatic carbocycles. The maximum absolute atomic E-state index is 6.28. The van der Waals surface area contributed by atoms with Crippen LogP contribution in [-0.4, -0.2) is 62.1 Å². The van der Waals surface area contributed by atoms with Gasteiger partial charge in [-0.1, -0.05) is 23.2 Å². The van der Waals surface area contributed by atoms with Gasteiger partial charge in [0.2, 0.25) is 23.0 Å². The van der Waals surface area contributed by atoms with Gasteiger partial charge in [0.1, 0.15) is 0 Å². The van der Waals surface area contributed by atoms with Crippen LogP contribution in [0.1, 0.15) is 11.4 Å². The second-order valence-electron chi connectivity index (χ2n) is 7.61. The molecule has 0 unspecified atom stereocenters. The number of aromatic nitrogens is 4. The number of benzene rings is 1. The molecule has 0 atom stereocenters. The number of nitrogens with zero attached hydrogens (tertiary/aromatic N) is 7. The summed E-state index contributed by atoms with van der Waals surface area (Å²) in [4.78, 5) is 26.5. The predicted octanol–water partition coefficient (Wildman–Crippen LogP) is 4.18. The average Bonchev–Trinajstić information content (AvgIpc) is 2.80. The fourth-order valence-corrected chi connectivity index (χ4v) is 4.11. The minimum Gasteiger partial charge on any atom is -0.339 e. The molecular formula is C22H23Cl2N9S. The number of guanidine groups is 1. The Hall–Kier alpha value is -3.08. The van der Waals surface area contributed by atoms with Gasteiger partial charge in [-0.2, -0.15) is 4.99 Å². The predicted molar refractivity (Wildman–Crippen MR) is 141 cm³/mol. The molecule has 0 bridgehead atoms. The summed E-state index contributed by atoms with van der Waals surface area (Å²) in [6.45, 7) is 6.65. The second-order valence-corrected chi connectivity index (χ2v) is 8.84. The van der Waals surface area contributed by atoms with Gasteiger partial charge in [-0.05, 0) is 56.4 Å². The minimum atomic E-state index is 0.241. The van der Waals surface area contributed by atoms with Crippen molar-refractivity contribution >= 4 is 64.1 Å². The Morgan fingerprint density at radius 3 is 2.29 bits per heavy atom. The molecule has 0 amide bonds. The molecule has 0 saturated carbocycles. The minimum absolute atomic E-state index is 0.241. The van der Waals surface area contributed by atoms with Gasteiger partial charge < -0.3 is 15.1 Å². The van der Waals surface area contributed by atoms with E-state index in [1.807, 2.05) is 19.9 Å². The van der Waals surface area contributed by atoms with E-state index < -0.39 is 0 Å². The molecule has 9 nitrogen and oxygen atoms in total. The van der Waals surface area contributed by atoms with Crippen LogP contribution >= 0.6 is 35.4 Å². The number of hydrogen-bond acceptors (Lipinski definition) is 6. The van der Waals surface area contributed by atoms with Gasteiger partial charge >= 0.3 is 0 Å². The van der Waals surface area contributed by atoms with Crippen LogP contribution in [0.3, 0.4) is 0 Å². The van der Waals surface area contributed by atoms with Crippen molar-refractivity contribution in [3.05, 3.63) is 64.2 Å². The van der Waals surface area contributed by atoms with Gasteiger partial charge in [0.05, 0.1) is 10.7 Å². The number of aliphatic imine (C=N–C) groups is 1. The SMILES string of the molecule is Cc1cc(C)nc(N/C(=N/C(=S)Nc2ccc(Cl)cc2Cl)N2CCN(c3ncccn3)CC2)n1. The summed E-state index contributed by atoms with van der Waals surface area (Å²) < 4.78 is 0. The summed E-state index contributed by atoms with van der Waals surface area (Å²) in [5.74, 6) is 1.71. The van der Waals surface area contributed by atoms with Crippen molar-refractivity contribution in [3.63, 3.8) is 0 Å². The van der Waals surface area contributed by atoms with Gasteiger partial charge in [-0.25, -0.2) is 19.9 Å². The summed E-state index contributed by atoms with van der Waals surface area (Å²) in [5.41, 5.74) is 2.33. The highest BCUT2D eigenvalue weighted by molar-refractivity contribution is 7.80. The van der Waals surface area contributed by atoms with Gasteiger partial charge in [-0.15, -0.1) is 0 Å². The van der Waals surface area contributed by atoms with Crippen LogP contribution < -0.4 is 15.5 Å². The maximum atomic E-state index is 6.28. The molecule has 1 fully saturated rings. The van der Waals surface area contributed by atoms with E-state index in [1.165, 1.54) is 0 Å². The first-order valence-corrected chi connectivity index (χ1v) is 11.7. The van der Waals surface area contributed by atoms with Crippen molar-refractivity contribution in [1.82, 2.24) is 24.8 Å². The summed E-state index contributed by atoms with van der Waals surface area (Å²) in [6, 6.07) is 8.85. The van der Waals surface area contributed by atoms with E-state index in [-0.39, 0.29) is 5.11 Å². The maximum Gasteiger partial charge on any atom is 0.229 e. The molecule has 1 aliphatic rings. The van der Waals surface area contributed by atoms with Gasteiger partial charge in [0.25, 0.3) is 0 Å². The second kappa shape index (κ2) is 10.9. The lowest BCUT2D eigenvalue weighted by Gasteiger charge is -2.36. The Kier molecular flexibility index (Phi) is 7.71. The quantitative estimate of drug-likeness (QED) is 0.302. The number of aryl methyl sites for hydroxylation is 2. The molecule has 176 valence electrons. The smallest absolute Gasteiger partial charge is 0.229 e. The number of anilines is 3. The van der Waals surface area contributed by atoms with Crippen molar-refractivity contribution in [1.29, 1.82) is 0 Å². The van der Waals surface area contributed by atoms with Crippen molar-refractivity contribution in [3.8, 4) is 0 Å². The number of hydrogen-bond donors (Lipinski definition) is 2. The van der Waals surface area contributed by atoms with Gasteiger partial charge in [0, 0.05) is 55.0 Å². The lowest BCUT2D eigenvalue weighted by Crippen LogP contribution is -2.51. The first kappa shape index (κ1) is 24.1. The van der Waals surface area contributed by atoms with Crippen LogP contribution in [0, 0.1) is 13.8 Å². The number of rotatable bonds is 3. The third-order valence-corrected chi connectivity index (χ3v) is 5.74. The third kappa shape index (κ3) is 6.28. The lowest BCUT2D eigenvalue weighted by molar-refractivity contribution is 0.382. The Labute approximate surface area is 213 Å². The number of nitrogens with one attached hydrogen (secondary N) is 2. The number of piperazine rings is 1. The molecule has 1 aromatic carbocycles.